The summed E-state index contributed by atoms with van der Waals surface area (Å²) in [5, 5.41) is 8.01. The van der Waals surface area contributed by atoms with E-state index >= 15 is 0 Å². The first-order chi connectivity index (χ1) is 11.2. The van der Waals surface area contributed by atoms with Gasteiger partial charge in [-0.1, -0.05) is 0 Å². The molecular weight excluding hydrogens is 312 g/mol. The predicted octanol–water partition coefficient (Wildman–Crippen LogP) is 1.97. The summed E-state index contributed by atoms with van der Waals surface area (Å²) in [6, 6.07) is 2.11. The zero-order valence-corrected chi connectivity index (χ0v) is 14.0. The van der Waals surface area contributed by atoms with Crippen molar-refractivity contribution in [2.24, 2.45) is 7.05 Å². The van der Waals surface area contributed by atoms with Gasteiger partial charge in [-0.3, -0.25) is 4.79 Å². The number of ether oxygens (including phenoxy) is 1. The Morgan fingerprint density at radius 1 is 1.39 bits per heavy atom. The lowest BCUT2D eigenvalue weighted by Crippen LogP contribution is -2.42. The van der Waals surface area contributed by atoms with Crippen molar-refractivity contribution < 1.29 is 9.53 Å². The topological polar surface area (TPSA) is 60.2 Å². The average Bonchev–Trinajstić information content (AvgIpc) is 3.20. The molecule has 0 aromatic carbocycles. The number of carbonyl (C=O) groups is 1. The maximum atomic E-state index is 12.9. The molecule has 2 aromatic heterocycles. The van der Waals surface area contributed by atoms with E-state index in [4.69, 9.17) is 4.74 Å². The molecular formula is C16H20N4O2S. The van der Waals surface area contributed by atoms with Crippen LogP contribution in [0.1, 0.15) is 44.9 Å². The third-order valence-corrected chi connectivity index (χ3v) is 5.82. The van der Waals surface area contributed by atoms with Crippen molar-refractivity contribution in [1.29, 1.82) is 0 Å². The van der Waals surface area contributed by atoms with Crippen molar-refractivity contribution in [2.45, 2.75) is 31.8 Å². The van der Waals surface area contributed by atoms with Crippen molar-refractivity contribution in [3.8, 4) is 0 Å². The van der Waals surface area contributed by atoms with Crippen LogP contribution in [0.15, 0.2) is 12.4 Å². The second-order valence-corrected chi connectivity index (χ2v) is 7.31. The van der Waals surface area contributed by atoms with Crippen LogP contribution in [0.5, 0.6) is 0 Å². The van der Waals surface area contributed by atoms with Gasteiger partial charge < -0.3 is 14.2 Å². The highest BCUT2D eigenvalue weighted by Crippen LogP contribution is 2.31. The summed E-state index contributed by atoms with van der Waals surface area (Å²) in [6.07, 6.45) is 6.18. The molecule has 1 aliphatic heterocycles. The number of thiophene rings is 1. The van der Waals surface area contributed by atoms with E-state index in [0.717, 1.165) is 23.5 Å². The Kier molecular flexibility index (Phi) is 3.90. The molecule has 1 aliphatic carbocycles. The molecule has 1 fully saturated rings. The van der Waals surface area contributed by atoms with Crippen LogP contribution in [0.3, 0.4) is 0 Å². The molecule has 7 heteroatoms. The third kappa shape index (κ3) is 2.79. The van der Waals surface area contributed by atoms with Crippen LogP contribution in [0.2, 0.25) is 0 Å². The second-order valence-electron chi connectivity index (χ2n) is 6.18. The molecule has 2 aliphatic rings. The highest BCUT2D eigenvalue weighted by molar-refractivity contribution is 7.14. The van der Waals surface area contributed by atoms with E-state index < -0.39 is 0 Å². The van der Waals surface area contributed by atoms with Crippen LogP contribution in [0, 0.1) is 0 Å². The second kappa shape index (κ2) is 6.05. The third-order valence-electron chi connectivity index (χ3n) is 4.60. The number of morpholine rings is 1. The number of hydrogen-bond acceptors (Lipinski definition) is 5. The highest BCUT2D eigenvalue weighted by atomic mass is 32.1. The summed E-state index contributed by atoms with van der Waals surface area (Å²) in [5.41, 5.74) is 1.38. The summed E-state index contributed by atoms with van der Waals surface area (Å²) < 4.78 is 7.64. The van der Waals surface area contributed by atoms with E-state index in [1.54, 1.807) is 17.7 Å². The number of carbonyl (C=O) groups excluding carboxylic acids is 1. The number of aromatic nitrogens is 3. The summed E-state index contributed by atoms with van der Waals surface area (Å²) >= 11 is 1.67. The molecule has 0 radical (unpaired) electrons. The highest BCUT2D eigenvalue weighted by Gasteiger charge is 2.30. The Morgan fingerprint density at radius 2 is 2.26 bits per heavy atom. The van der Waals surface area contributed by atoms with Gasteiger partial charge in [0, 0.05) is 18.5 Å². The molecule has 0 spiro atoms. The molecule has 122 valence electrons. The van der Waals surface area contributed by atoms with Crippen LogP contribution < -0.4 is 0 Å². The molecule has 3 heterocycles. The number of amides is 1. The summed E-state index contributed by atoms with van der Waals surface area (Å²) in [6.45, 7) is 1.71. The molecule has 1 atom stereocenters. The monoisotopic (exact) mass is 332 g/mol. The van der Waals surface area contributed by atoms with Gasteiger partial charge in [-0.2, -0.15) is 0 Å². The average molecular weight is 332 g/mol. The van der Waals surface area contributed by atoms with Crippen LogP contribution >= 0.6 is 11.3 Å². The van der Waals surface area contributed by atoms with E-state index in [1.165, 1.54) is 23.3 Å². The van der Waals surface area contributed by atoms with Gasteiger partial charge >= 0.3 is 0 Å². The zero-order chi connectivity index (χ0) is 15.8. The Balaban J connectivity index is 1.52. The summed E-state index contributed by atoms with van der Waals surface area (Å²) in [5.74, 6) is 0.896. The van der Waals surface area contributed by atoms with Crippen molar-refractivity contribution >= 4 is 17.2 Å². The maximum Gasteiger partial charge on any atom is 0.264 e. The first-order valence-electron chi connectivity index (χ1n) is 8.09. The first-order valence-corrected chi connectivity index (χ1v) is 8.90. The standard InChI is InChI=1S/C16H20N4O2S/c1-19-10-17-18-15(19)12-9-20(6-7-22-12)16(21)14-8-11-4-2-3-5-13(11)23-14/h8,10,12H,2-7,9H2,1H3/t12-/m0/s1. The van der Waals surface area contributed by atoms with Crippen molar-refractivity contribution in [3.05, 3.63) is 33.5 Å². The van der Waals surface area contributed by atoms with Gasteiger partial charge in [0.15, 0.2) is 5.82 Å². The van der Waals surface area contributed by atoms with E-state index in [-0.39, 0.29) is 12.0 Å². The fourth-order valence-electron chi connectivity index (χ4n) is 3.33. The fraction of sp³-hybridized carbons (Fsp3) is 0.562. The first kappa shape index (κ1) is 14.8. The van der Waals surface area contributed by atoms with Crippen LogP contribution in [0.4, 0.5) is 0 Å². The minimum atomic E-state index is -0.199. The van der Waals surface area contributed by atoms with Gasteiger partial charge in [-0.05, 0) is 37.3 Å². The quantitative estimate of drug-likeness (QED) is 0.843. The molecule has 0 unspecified atom stereocenters. The molecule has 0 saturated carbocycles. The van der Waals surface area contributed by atoms with Crippen LogP contribution in [-0.4, -0.2) is 45.3 Å². The molecule has 1 saturated heterocycles. The van der Waals surface area contributed by atoms with E-state index in [9.17, 15) is 4.79 Å². The van der Waals surface area contributed by atoms with Gasteiger partial charge in [-0.15, -0.1) is 21.5 Å². The minimum Gasteiger partial charge on any atom is -0.366 e. The predicted molar refractivity (Wildman–Crippen MR) is 86.6 cm³/mol. The fourth-order valence-corrected chi connectivity index (χ4v) is 4.55. The van der Waals surface area contributed by atoms with Crippen molar-refractivity contribution in [1.82, 2.24) is 19.7 Å². The SMILES string of the molecule is Cn1cnnc1[C@@H]1CN(C(=O)c2cc3c(s2)CCCC3)CCO1. The Hall–Kier alpha value is -1.73. The van der Waals surface area contributed by atoms with Gasteiger partial charge in [0.05, 0.1) is 18.0 Å². The van der Waals surface area contributed by atoms with Crippen LogP contribution in [0.25, 0.3) is 0 Å². The zero-order valence-electron chi connectivity index (χ0n) is 13.2. The van der Waals surface area contributed by atoms with Crippen molar-refractivity contribution in [2.75, 3.05) is 19.7 Å². The molecule has 2 aromatic rings. The molecule has 1 amide bonds. The Bertz CT molecular complexity index is 700. The van der Waals surface area contributed by atoms with E-state index in [0.29, 0.717) is 19.7 Å². The van der Waals surface area contributed by atoms with E-state index in [2.05, 4.69) is 16.3 Å². The molecule has 6 nitrogen and oxygen atoms in total. The number of aryl methyl sites for hydroxylation is 3. The normalized spacial score (nSPS) is 21.3. The Labute approximate surface area is 139 Å². The molecule has 4 rings (SSSR count). The van der Waals surface area contributed by atoms with Gasteiger partial charge in [0.25, 0.3) is 5.91 Å². The van der Waals surface area contributed by atoms with E-state index in [1.807, 2.05) is 16.5 Å². The van der Waals surface area contributed by atoms with Gasteiger partial charge in [0.2, 0.25) is 0 Å². The van der Waals surface area contributed by atoms with Gasteiger partial charge in [-0.25, -0.2) is 0 Å². The summed E-state index contributed by atoms with van der Waals surface area (Å²) in [4.78, 5) is 17.0. The molecule has 0 bridgehead atoms. The molecule has 23 heavy (non-hydrogen) atoms. The lowest BCUT2D eigenvalue weighted by Gasteiger charge is -2.32. The maximum absolute atomic E-state index is 12.9. The Morgan fingerprint density at radius 3 is 3.04 bits per heavy atom. The largest absolute Gasteiger partial charge is 0.366 e. The number of rotatable bonds is 2. The summed E-state index contributed by atoms with van der Waals surface area (Å²) in [7, 11) is 1.90. The number of fused-ring (bicyclic) bond motifs is 1. The number of nitrogens with zero attached hydrogens (tertiary/aromatic N) is 4. The van der Waals surface area contributed by atoms with Gasteiger partial charge in [0.1, 0.15) is 12.4 Å². The lowest BCUT2D eigenvalue weighted by molar-refractivity contribution is -0.0279. The smallest absolute Gasteiger partial charge is 0.264 e. The lowest BCUT2D eigenvalue weighted by atomic mass is 9.99. The van der Waals surface area contributed by atoms with Crippen LogP contribution in [-0.2, 0) is 24.6 Å². The molecule has 0 N–H and O–H groups in total. The minimum absolute atomic E-state index is 0.125. The number of hydrogen-bond donors (Lipinski definition) is 0. The van der Waals surface area contributed by atoms with Crippen molar-refractivity contribution in [3.63, 3.8) is 0 Å².